The first-order valence-electron chi connectivity index (χ1n) is 7.39. The van der Waals surface area contributed by atoms with Crippen LogP contribution in [0, 0.1) is 0 Å². The predicted octanol–water partition coefficient (Wildman–Crippen LogP) is 2.93. The number of para-hydroxylation sites is 1. The second-order valence-corrected chi connectivity index (χ2v) is 4.87. The number of nitrogens with one attached hydrogen (secondary N) is 1. The Labute approximate surface area is 129 Å². The van der Waals surface area contributed by atoms with Crippen LogP contribution in [0.2, 0.25) is 0 Å². The van der Waals surface area contributed by atoms with E-state index in [9.17, 15) is 0 Å². The highest BCUT2D eigenvalue weighted by Crippen LogP contribution is 2.15. The second-order valence-electron chi connectivity index (χ2n) is 4.87. The van der Waals surface area contributed by atoms with Gasteiger partial charge in [0.1, 0.15) is 0 Å². The third-order valence-electron chi connectivity index (χ3n) is 3.37. The van der Waals surface area contributed by atoms with Gasteiger partial charge < -0.3 is 5.32 Å². The normalized spacial score (nSPS) is 10.6. The van der Waals surface area contributed by atoms with Crippen LogP contribution in [0.1, 0.15) is 25.2 Å². The molecule has 6 nitrogen and oxygen atoms in total. The van der Waals surface area contributed by atoms with Crippen molar-refractivity contribution in [2.24, 2.45) is 0 Å². The first-order chi connectivity index (χ1) is 10.8. The third-order valence-corrected chi connectivity index (χ3v) is 3.37. The summed E-state index contributed by atoms with van der Waals surface area (Å²) in [4.78, 5) is 4.52. The van der Waals surface area contributed by atoms with Gasteiger partial charge in [0.2, 0.25) is 5.95 Å². The number of rotatable bonds is 5. The van der Waals surface area contributed by atoms with E-state index in [4.69, 9.17) is 0 Å². The van der Waals surface area contributed by atoms with Crippen LogP contribution in [0.3, 0.4) is 0 Å². The fourth-order valence-corrected chi connectivity index (χ4v) is 2.23. The number of aromatic nitrogens is 5. The van der Waals surface area contributed by atoms with Crippen molar-refractivity contribution in [1.29, 1.82) is 0 Å². The lowest BCUT2D eigenvalue weighted by atomic mass is 10.2. The molecule has 22 heavy (non-hydrogen) atoms. The molecule has 0 spiro atoms. The lowest BCUT2D eigenvalue weighted by Gasteiger charge is -2.06. The molecular formula is C16H18N6. The Morgan fingerprint density at radius 1 is 1.00 bits per heavy atom. The van der Waals surface area contributed by atoms with E-state index in [2.05, 4.69) is 39.4 Å². The van der Waals surface area contributed by atoms with Crippen LogP contribution < -0.4 is 5.32 Å². The molecule has 2 heterocycles. The molecule has 1 aromatic carbocycles. The molecule has 0 radical (unpaired) electrons. The van der Waals surface area contributed by atoms with E-state index < -0.39 is 0 Å². The fraction of sp³-hybridized carbons (Fsp3) is 0.250. The summed E-state index contributed by atoms with van der Waals surface area (Å²) in [7, 11) is 0. The molecule has 3 aromatic rings. The maximum absolute atomic E-state index is 4.52. The van der Waals surface area contributed by atoms with Crippen LogP contribution in [0.5, 0.6) is 0 Å². The largest absolute Gasteiger partial charge is 0.320 e. The van der Waals surface area contributed by atoms with E-state index in [1.165, 1.54) is 0 Å². The zero-order valence-electron chi connectivity index (χ0n) is 12.7. The minimum atomic E-state index is 0.502. The molecule has 0 unspecified atom stereocenters. The van der Waals surface area contributed by atoms with Crippen molar-refractivity contribution in [2.45, 2.75) is 26.7 Å². The SMILES string of the molecule is CCc1nnc(Nc2cnn(-c3ccccc3)c2)nc1CC. The highest BCUT2D eigenvalue weighted by molar-refractivity contribution is 5.51. The molecule has 3 rings (SSSR count). The molecule has 0 amide bonds. The first-order valence-corrected chi connectivity index (χ1v) is 7.39. The fourth-order valence-electron chi connectivity index (χ4n) is 2.23. The summed E-state index contributed by atoms with van der Waals surface area (Å²) >= 11 is 0. The molecule has 112 valence electrons. The molecule has 0 aliphatic carbocycles. The van der Waals surface area contributed by atoms with Crippen molar-refractivity contribution in [3.63, 3.8) is 0 Å². The van der Waals surface area contributed by atoms with Crippen LogP contribution in [0.4, 0.5) is 11.6 Å². The summed E-state index contributed by atoms with van der Waals surface area (Å²) in [5.74, 6) is 0.502. The summed E-state index contributed by atoms with van der Waals surface area (Å²) in [6.07, 6.45) is 5.33. The van der Waals surface area contributed by atoms with Crippen LogP contribution >= 0.6 is 0 Å². The second kappa shape index (κ2) is 6.34. The van der Waals surface area contributed by atoms with Gasteiger partial charge in [-0.2, -0.15) is 5.10 Å². The molecule has 6 heteroatoms. The van der Waals surface area contributed by atoms with Crippen LogP contribution in [0.15, 0.2) is 42.7 Å². The number of hydrogen-bond donors (Lipinski definition) is 1. The highest BCUT2D eigenvalue weighted by atomic mass is 15.3. The van der Waals surface area contributed by atoms with E-state index in [-0.39, 0.29) is 0 Å². The van der Waals surface area contributed by atoms with Crippen molar-refractivity contribution in [3.8, 4) is 5.69 Å². The summed E-state index contributed by atoms with van der Waals surface area (Å²) in [5, 5.41) is 15.8. The lowest BCUT2D eigenvalue weighted by Crippen LogP contribution is -2.06. The monoisotopic (exact) mass is 294 g/mol. The quantitative estimate of drug-likeness (QED) is 0.783. The number of aryl methyl sites for hydroxylation is 2. The van der Waals surface area contributed by atoms with E-state index in [1.807, 2.05) is 36.5 Å². The van der Waals surface area contributed by atoms with Crippen molar-refractivity contribution >= 4 is 11.6 Å². The Morgan fingerprint density at radius 2 is 1.77 bits per heavy atom. The van der Waals surface area contributed by atoms with Gasteiger partial charge in [0.05, 0.1) is 35.2 Å². The average molecular weight is 294 g/mol. The molecule has 0 atom stereocenters. The van der Waals surface area contributed by atoms with E-state index in [0.29, 0.717) is 5.95 Å². The summed E-state index contributed by atoms with van der Waals surface area (Å²) in [6.45, 7) is 4.13. The number of benzene rings is 1. The topological polar surface area (TPSA) is 68.5 Å². The molecule has 0 saturated carbocycles. The number of hydrogen-bond acceptors (Lipinski definition) is 5. The van der Waals surface area contributed by atoms with Gasteiger partial charge >= 0.3 is 0 Å². The standard InChI is InChI=1S/C16H18N6/c1-3-14-15(4-2)20-21-16(19-14)18-12-10-17-22(11-12)13-8-6-5-7-9-13/h5-11H,3-4H2,1-2H3,(H,18,19,21). The van der Waals surface area contributed by atoms with Gasteiger partial charge in [-0.05, 0) is 25.0 Å². The minimum absolute atomic E-state index is 0.502. The smallest absolute Gasteiger partial charge is 0.247 e. The van der Waals surface area contributed by atoms with E-state index in [1.54, 1.807) is 10.9 Å². The Bertz CT molecular complexity index is 750. The Kier molecular flexibility index (Phi) is 4.09. The Hall–Kier alpha value is -2.76. The van der Waals surface area contributed by atoms with Gasteiger partial charge in [0, 0.05) is 0 Å². The predicted molar refractivity (Wildman–Crippen MR) is 85.4 cm³/mol. The Morgan fingerprint density at radius 3 is 2.50 bits per heavy atom. The maximum atomic E-state index is 4.52. The molecule has 0 saturated heterocycles. The molecule has 0 aliphatic rings. The molecule has 0 fully saturated rings. The average Bonchev–Trinajstić information content (AvgIpc) is 3.04. The van der Waals surface area contributed by atoms with Gasteiger partial charge in [-0.25, -0.2) is 9.67 Å². The molecule has 0 aliphatic heterocycles. The Balaban J connectivity index is 1.81. The third kappa shape index (κ3) is 2.95. The van der Waals surface area contributed by atoms with E-state index in [0.717, 1.165) is 35.6 Å². The summed E-state index contributed by atoms with van der Waals surface area (Å²) in [6, 6.07) is 9.94. The van der Waals surface area contributed by atoms with Crippen molar-refractivity contribution < 1.29 is 0 Å². The maximum Gasteiger partial charge on any atom is 0.247 e. The van der Waals surface area contributed by atoms with Gasteiger partial charge in [0.15, 0.2) is 0 Å². The van der Waals surface area contributed by atoms with Crippen molar-refractivity contribution in [3.05, 3.63) is 54.1 Å². The minimum Gasteiger partial charge on any atom is -0.320 e. The zero-order chi connectivity index (χ0) is 15.4. The van der Waals surface area contributed by atoms with Crippen LogP contribution in [-0.4, -0.2) is 25.0 Å². The number of nitrogens with zero attached hydrogens (tertiary/aromatic N) is 5. The summed E-state index contributed by atoms with van der Waals surface area (Å²) < 4.78 is 1.80. The lowest BCUT2D eigenvalue weighted by molar-refractivity contribution is 0.829. The van der Waals surface area contributed by atoms with Crippen molar-refractivity contribution in [2.75, 3.05) is 5.32 Å². The molecule has 0 bridgehead atoms. The van der Waals surface area contributed by atoms with Gasteiger partial charge in [-0.15, -0.1) is 10.2 Å². The van der Waals surface area contributed by atoms with E-state index >= 15 is 0 Å². The molecule has 2 aromatic heterocycles. The van der Waals surface area contributed by atoms with Crippen LogP contribution in [-0.2, 0) is 12.8 Å². The highest BCUT2D eigenvalue weighted by Gasteiger charge is 2.07. The molecule has 1 N–H and O–H groups in total. The molecular weight excluding hydrogens is 276 g/mol. The van der Waals surface area contributed by atoms with Crippen molar-refractivity contribution in [1.82, 2.24) is 25.0 Å². The summed E-state index contributed by atoms with van der Waals surface area (Å²) in [5.41, 5.74) is 3.77. The number of anilines is 2. The van der Waals surface area contributed by atoms with Gasteiger partial charge in [0.25, 0.3) is 0 Å². The first kappa shape index (κ1) is 14.2. The van der Waals surface area contributed by atoms with Gasteiger partial charge in [-0.3, -0.25) is 0 Å². The van der Waals surface area contributed by atoms with Crippen LogP contribution in [0.25, 0.3) is 5.69 Å². The van der Waals surface area contributed by atoms with Gasteiger partial charge in [-0.1, -0.05) is 32.0 Å². The zero-order valence-corrected chi connectivity index (χ0v) is 12.7.